The molecule has 74 valence electrons. The molecule has 1 atom stereocenters. The van der Waals surface area contributed by atoms with Crippen LogP contribution < -0.4 is 0 Å². The molecule has 1 unspecified atom stereocenters. The second-order valence-electron chi connectivity index (χ2n) is 3.05. The molecule has 0 saturated heterocycles. The summed E-state index contributed by atoms with van der Waals surface area (Å²) in [6, 6.07) is 0. The summed E-state index contributed by atoms with van der Waals surface area (Å²) in [6.07, 6.45) is 4.36. The first-order valence-corrected chi connectivity index (χ1v) is 6.96. The average molecular weight is 233 g/mol. The highest BCUT2D eigenvalue weighted by atomic mass is 32.2. The van der Waals surface area contributed by atoms with Gasteiger partial charge in [-0.05, 0) is 24.5 Å². The van der Waals surface area contributed by atoms with E-state index in [1.807, 2.05) is 23.3 Å². The van der Waals surface area contributed by atoms with Crippen LogP contribution in [-0.2, 0) is 0 Å². The van der Waals surface area contributed by atoms with Gasteiger partial charge in [0.25, 0.3) is 0 Å². The summed E-state index contributed by atoms with van der Waals surface area (Å²) in [5.74, 6) is 2.98. The van der Waals surface area contributed by atoms with E-state index in [1.165, 1.54) is 22.9 Å². The molecule has 13 heavy (non-hydrogen) atoms. The van der Waals surface area contributed by atoms with E-state index in [2.05, 4.69) is 24.5 Å². The van der Waals surface area contributed by atoms with Crippen molar-refractivity contribution in [2.45, 2.75) is 24.1 Å². The minimum absolute atomic E-state index is 0.796. The van der Waals surface area contributed by atoms with E-state index in [0.29, 0.717) is 0 Å². The van der Waals surface area contributed by atoms with Crippen molar-refractivity contribution in [3.8, 4) is 0 Å². The summed E-state index contributed by atoms with van der Waals surface area (Å²) in [7, 11) is 0. The molecule has 0 N–H and O–H groups in total. The second kappa shape index (κ2) is 6.74. The predicted octanol–water partition coefficient (Wildman–Crippen LogP) is 3.58. The van der Waals surface area contributed by atoms with Gasteiger partial charge in [0.1, 0.15) is 4.34 Å². The van der Waals surface area contributed by atoms with Gasteiger partial charge in [0.05, 0.1) is 0 Å². The lowest BCUT2D eigenvalue weighted by molar-refractivity contribution is 0.554. The minimum atomic E-state index is 0.796. The Kier molecular flexibility index (Phi) is 5.91. The summed E-state index contributed by atoms with van der Waals surface area (Å²) >= 11 is 7.81. The van der Waals surface area contributed by atoms with E-state index in [4.69, 9.17) is 0 Å². The van der Waals surface area contributed by atoms with Gasteiger partial charge in [0.15, 0.2) is 0 Å². The summed E-state index contributed by atoms with van der Waals surface area (Å²) in [6.45, 7) is 2.29. The lowest BCUT2D eigenvalue weighted by Gasteiger charge is -2.07. The Morgan fingerprint density at radius 3 is 3.08 bits per heavy atom. The maximum atomic E-state index is 4.23. The molecule has 0 saturated carbocycles. The van der Waals surface area contributed by atoms with Crippen LogP contribution in [-0.4, -0.2) is 16.5 Å². The Morgan fingerprint density at radius 1 is 1.62 bits per heavy atom. The van der Waals surface area contributed by atoms with E-state index in [-0.39, 0.29) is 0 Å². The molecule has 0 bridgehead atoms. The van der Waals surface area contributed by atoms with Crippen LogP contribution in [0, 0.1) is 5.92 Å². The zero-order valence-electron chi connectivity index (χ0n) is 7.77. The molecule has 0 aliphatic carbocycles. The fraction of sp³-hybridized carbons (Fsp3) is 0.667. The standard InChI is InChI=1S/C9H15NS3/c1-8(2-5-11)3-6-12-9-10-4-7-13-9/h4,7-8,11H,2-3,5-6H2,1H3. The molecule has 0 fully saturated rings. The van der Waals surface area contributed by atoms with Crippen LogP contribution in [0.25, 0.3) is 0 Å². The molecule has 0 aliphatic heterocycles. The van der Waals surface area contributed by atoms with E-state index < -0.39 is 0 Å². The molecule has 0 aliphatic rings. The number of thioether (sulfide) groups is 1. The lowest BCUT2D eigenvalue weighted by Crippen LogP contribution is -1.96. The van der Waals surface area contributed by atoms with Crippen LogP contribution in [0.3, 0.4) is 0 Å². The highest BCUT2D eigenvalue weighted by Gasteiger charge is 2.02. The first kappa shape index (κ1) is 11.4. The molecular weight excluding hydrogens is 218 g/mol. The van der Waals surface area contributed by atoms with Crippen LogP contribution in [0.2, 0.25) is 0 Å². The molecule has 0 radical (unpaired) electrons. The van der Waals surface area contributed by atoms with Crippen LogP contribution in [0.15, 0.2) is 15.9 Å². The Hall–Kier alpha value is 0.330. The quantitative estimate of drug-likeness (QED) is 0.596. The maximum Gasteiger partial charge on any atom is 0.149 e. The largest absolute Gasteiger partial charge is 0.238 e. The van der Waals surface area contributed by atoms with Gasteiger partial charge in [-0.25, -0.2) is 4.98 Å². The SMILES string of the molecule is CC(CCS)CCSc1nccs1. The molecule has 0 spiro atoms. The van der Waals surface area contributed by atoms with Crippen molar-refractivity contribution in [1.29, 1.82) is 0 Å². The predicted molar refractivity (Wildman–Crippen MR) is 65.1 cm³/mol. The van der Waals surface area contributed by atoms with E-state index in [1.54, 1.807) is 11.3 Å². The highest BCUT2D eigenvalue weighted by Crippen LogP contribution is 2.23. The third-order valence-electron chi connectivity index (χ3n) is 1.87. The van der Waals surface area contributed by atoms with Gasteiger partial charge in [-0.3, -0.25) is 0 Å². The lowest BCUT2D eigenvalue weighted by atomic mass is 10.1. The Balaban J connectivity index is 2.07. The number of hydrogen-bond donors (Lipinski definition) is 1. The fourth-order valence-corrected chi connectivity index (χ4v) is 3.31. The van der Waals surface area contributed by atoms with Crippen molar-refractivity contribution >= 4 is 35.7 Å². The molecule has 1 aromatic rings. The van der Waals surface area contributed by atoms with Gasteiger partial charge in [-0.1, -0.05) is 18.7 Å². The first-order chi connectivity index (χ1) is 6.33. The average Bonchev–Trinajstić information content (AvgIpc) is 2.57. The van der Waals surface area contributed by atoms with Crippen LogP contribution in [0.1, 0.15) is 19.8 Å². The van der Waals surface area contributed by atoms with Gasteiger partial charge >= 0.3 is 0 Å². The number of thiazole rings is 1. The van der Waals surface area contributed by atoms with Crippen molar-refractivity contribution in [2.75, 3.05) is 11.5 Å². The van der Waals surface area contributed by atoms with Crippen LogP contribution in [0.5, 0.6) is 0 Å². The second-order valence-corrected chi connectivity index (χ2v) is 5.74. The number of rotatable bonds is 6. The van der Waals surface area contributed by atoms with Gasteiger partial charge in [-0.15, -0.1) is 11.3 Å². The Labute approximate surface area is 93.8 Å². The molecule has 1 heterocycles. The monoisotopic (exact) mass is 233 g/mol. The van der Waals surface area contributed by atoms with Gasteiger partial charge in [0, 0.05) is 17.3 Å². The van der Waals surface area contributed by atoms with Crippen molar-refractivity contribution < 1.29 is 0 Å². The number of thiol groups is 1. The van der Waals surface area contributed by atoms with Crippen LogP contribution >= 0.6 is 35.7 Å². The zero-order chi connectivity index (χ0) is 9.52. The van der Waals surface area contributed by atoms with Crippen molar-refractivity contribution in [3.05, 3.63) is 11.6 Å². The molecule has 0 amide bonds. The summed E-state index contributed by atoms with van der Waals surface area (Å²) in [4.78, 5) is 4.23. The van der Waals surface area contributed by atoms with Gasteiger partial charge in [-0.2, -0.15) is 12.6 Å². The van der Waals surface area contributed by atoms with E-state index >= 15 is 0 Å². The number of aromatic nitrogens is 1. The summed E-state index contributed by atoms with van der Waals surface area (Å²) in [5, 5.41) is 2.03. The van der Waals surface area contributed by atoms with Gasteiger partial charge < -0.3 is 0 Å². The smallest absolute Gasteiger partial charge is 0.149 e. The van der Waals surface area contributed by atoms with Crippen molar-refractivity contribution in [2.24, 2.45) is 5.92 Å². The molecule has 4 heteroatoms. The summed E-state index contributed by atoms with van der Waals surface area (Å²) < 4.78 is 1.19. The van der Waals surface area contributed by atoms with Crippen molar-refractivity contribution in [3.63, 3.8) is 0 Å². The van der Waals surface area contributed by atoms with Gasteiger partial charge in [0.2, 0.25) is 0 Å². The first-order valence-electron chi connectivity index (χ1n) is 4.46. The third kappa shape index (κ3) is 4.93. The van der Waals surface area contributed by atoms with Crippen LogP contribution in [0.4, 0.5) is 0 Å². The number of nitrogens with zero attached hydrogens (tertiary/aromatic N) is 1. The molecule has 1 rings (SSSR count). The molecule has 0 aromatic carbocycles. The Bertz CT molecular complexity index is 211. The molecule has 1 aromatic heterocycles. The molecular formula is C9H15NS3. The minimum Gasteiger partial charge on any atom is -0.238 e. The third-order valence-corrected chi connectivity index (χ3v) is 4.13. The zero-order valence-corrected chi connectivity index (χ0v) is 10.3. The summed E-state index contributed by atoms with van der Waals surface area (Å²) in [5.41, 5.74) is 0. The van der Waals surface area contributed by atoms with E-state index in [9.17, 15) is 0 Å². The van der Waals surface area contributed by atoms with Crippen molar-refractivity contribution in [1.82, 2.24) is 4.98 Å². The maximum absolute atomic E-state index is 4.23. The van der Waals surface area contributed by atoms with E-state index in [0.717, 1.165) is 11.7 Å². The Morgan fingerprint density at radius 2 is 2.46 bits per heavy atom. The topological polar surface area (TPSA) is 12.9 Å². The fourth-order valence-electron chi connectivity index (χ4n) is 0.994. The number of hydrogen-bond acceptors (Lipinski definition) is 4. The highest BCUT2D eigenvalue weighted by molar-refractivity contribution is 8.00. The molecule has 1 nitrogen and oxygen atoms in total. The normalized spacial score (nSPS) is 13.1.